The molecule has 4 N–H and O–H groups in total. The molecule has 5 nitrogen and oxygen atoms in total. The SMILES string of the molecule is NC(=O)C(N)(Cn1ccc(C(F)(F)F)n1)C1CC1. The van der Waals surface area contributed by atoms with Gasteiger partial charge in [0.25, 0.3) is 0 Å². The minimum absolute atomic E-state index is 0.0754. The van der Waals surface area contributed by atoms with E-state index < -0.39 is 23.3 Å². The normalized spacial score (nSPS) is 19.6. The van der Waals surface area contributed by atoms with Gasteiger partial charge in [-0.25, -0.2) is 0 Å². The van der Waals surface area contributed by atoms with Crippen molar-refractivity contribution in [2.45, 2.75) is 31.1 Å². The predicted molar refractivity (Wildman–Crippen MR) is 56.1 cm³/mol. The van der Waals surface area contributed by atoms with Gasteiger partial charge in [0.05, 0.1) is 6.54 Å². The molecule has 100 valence electrons. The molecule has 2 rings (SSSR count). The molecule has 1 fully saturated rings. The summed E-state index contributed by atoms with van der Waals surface area (Å²) < 4.78 is 38.1. The van der Waals surface area contributed by atoms with Crippen LogP contribution in [0.2, 0.25) is 0 Å². The summed E-state index contributed by atoms with van der Waals surface area (Å²) in [6.45, 7) is -0.136. The van der Waals surface area contributed by atoms with E-state index in [4.69, 9.17) is 11.5 Å². The molecule has 1 aliphatic rings. The lowest BCUT2D eigenvalue weighted by Crippen LogP contribution is -2.57. The summed E-state index contributed by atoms with van der Waals surface area (Å²) in [5, 5.41) is 3.36. The fraction of sp³-hybridized carbons (Fsp3) is 0.600. The number of carbonyl (C=O) groups is 1. The van der Waals surface area contributed by atoms with Gasteiger partial charge in [0.15, 0.2) is 5.69 Å². The molecule has 1 saturated carbocycles. The van der Waals surface area contributed by atoms with E-state index in [9.17, 15) is 18.0 Å². The van der Waals surface area contributed by atoms with Crippen LogP contribution in [0.5, 0.6) is 0 Å². The maximum Gasteiger partial charge on any atom is 0.435 e. The molecule has 1 heterocycles. The van der Waals surface area contributed by atoms with Crippen molar-refractivity contribution in [1.29, 1.82) is 0 Å². The maximum absolute atomic E-state index is 12.4. The number of aromatic nitrogens is 2. The van der Waals surface area contributed by atoms with Crippen molar-refractivity contribution in [3.63, 3.8) is 0 Å². The van der Waals surface area contributed by atoms with Gasteiger partial charge >= 0.3 is 6.18 Å². The highest BCUT2D eigenvalue weighted by Crippen LogP contribution is 2.39. The van der Waals surface area contributed by atoms with Gasteiger partial charge in [-0.1, -0.05) is 0 Å². The number of halogens is 3. The average Bonchev–Trinajstić information content (AvgIpc) is 2.98. The van der Waals surface area contributed by atoms with Crippen molar-refractivity contribution in [3.8, 4) is 0 Å². The third kappa shape index (κ3) is 2.33. The topological polar surface area (TPSA) is 86.9 Å². The van der Waals surface area contributed by atoms with Gasteiger partial charge in [-0.15, -0.1) is 0 Å². The fourth-order valence-corrected chi connectivity index (χ4v) is 1.88. The van der Waals surface area contributed by atoms with Crippen LogP contribution >= 0.6 is 0 Å². The molecule has 1 aliphatic carbocycles. The van der Waals surface area contributed by atoms with Gasteiger partial charge in [0.2, 0.25) is 5.91 Å². The van der Waals surface area contributed by atoms with Gasteiger partial charge in [0.1, 0.15) is 5.54 Å². The van der Waals surface area contributed by atoms with Gasteiger partial charge < -0.3 is 11.5 Å². The average molecular weight is 262 g/mol. The summed E-state index contributed by atoms with van der Waals surface area (Å²) in [5.41, 5.74) is 8.77. The lowest BCUT2D eigenvalue weighted by Gasteiger charge is -2.25. The van der Waals surface area contributed by atoms with E-state index in [1.807, 2.05) is 0 Å². The second-order valence-electron chi connectivity index (χ2n) is 4.58. The largest absolute Gasteiger partial charge is 0.435 e. The number of hydrogen-bond donors (Lipinski definition) is 2. The zero-order valence-electron chi connectivity index (χ0n) is 9.44. The van der Waals surface area contributed by atoms with Crippen LogP contribution in [0.15, 0.2) is 12.3 Å². The molecule has 1 atom stereocenters. The molecule has 18 heavy (non-hydrogen) atoms. The first kappa shape index (κ1) is 12.9. The summed E-state index contributed by atoms with van der Waals surface area (Å²) in [6.07, 6.45) is -1.84. The molecule has 0 aliphatic heterocycles. The number of primary amides is 1. The van der Waals surface area contributed by atoms with Crippen molar-refractivity contribution in [3.05, 3.63) is 18.0 Å². The molecule has 1 amide bonds. The Kier molecular flexibility index (Phi) is 2.84. The third-order valence-electron chi connectivity index (χ3n) is 3.12. The Morgan fingerprint density at radius 2 is 2.11 bits per heavy atom. The van der Waals surface area contributed by atoms with Crippen LogP contribution in [-0.4, -0.2) is 21.2 Å². The third-order valence-corrected chi connectivity index (χ3v) is 3.12. The highest BCUT2D eigenvalue weighted by molar-refractivity contribution is 5.85. The minimum Gasteiger partial charge on any atom is -0.368 e. The Bertz CT molecular complexity index is 466. The van der Waals surface area contributed by atoms with E-state index >= 15 is 0 Å². The van der Waals surface area contributed by atoms with E-state index in [-0.39, 0.29) is 12.5 Å². The molecule has 0 radical (unpaired) electrons. The lowest BCUT2D eigenvalue weighted by atomic mass is 9.94. The molecule has 1 aromatic heterocycles. The molecular formula is C10H13F3N4O. The second kappa shape index (κ2) is 3.98. The summed E-state index contributed by atoms with van der Waals surface area (Å²) in [5.74, 6) is -0.789. The highest BCUT2D eigenvalue weighted by Gasteiger charge is 2.47. The summed E-state index contributed by atoms with van der Waals surface area (Å²) in [4.78, 5) is 11.3. The van der Waals surface area contributed by atoms with E-state index in [1.165, 1.54) is 0 Å². The summed E-state index contributed by atoms with van der Waals surface area (Å²) >= 11 is 0. The molecule has 0 bridgehead atoms. The van der Waals surface area contributed by atoms with Crippen molar-refractivity contribution in [1.82, 2.24) is 9.78 Å². The first-order valence-electron chi connectivity index (χ1n) is 5.43. The second-order valence-corrected chi connectivity index (χ2v) is 4.58. The maximum atomic E-state index is 12.4. The summed E-state index contributed by atoms with van der Waals surface area (Å²) in [6, 6.07) is 0.842. The van der Waals surface area contributed by atoms with Gasteiger partial charge in [0, 0.05) is 6.20 Å². The number of rotatable bonds is 4. The number of amides is 1. The number of hydrogen-bond acceptors (Lipinski definition) is 3. The molecule has 0 saturated heterocycles. The number of alkyl halides is 3. The first-order valence-corrected chi connectivity index (χ1v) is 5.43. The Hall–Kier alpha value is -1.57. The Morgan fingerprint density at radius 3 is 2.50 bits per heavy atom. The van der Waals surface area contributed by atoms with Crippen LogP contribution in [0.1, 0.15) is 18.5 Å². The van der Waals surface area contributed by atoms with Crippen LogP contribution in [0.25, 0.3) is 0 Å². The number of carbonyl (C=O) groups excluding carboxylic acids is 1. The van der Waals surface area contributed by atoms with Gasteiger partial charge in [-0.2, -0.15) is 18.3 Å². The highest BCUT2D eigenvalue weighted by atomic mass is 19.4. The van der Waals surface area contributed by atoms with Crippen molar-refractivity contribution in [2.75, 3.05) is 0 Å². The summed E-state index contributed by atoms with van der Waals surface area (Å²) in [7, 11) is 0. The molecular weight excluding hydrogens is 249 g/mol. The van der Waals surface area contributed by atoms with Crippen LogP contribution in [0.3, 0.4) is 0 Å². The van der Waals surface area contributed by atoms with Crippen molar-refractivity contribution < 1.29 is 18.0 Å². The zero-order valence-corrected chi connectivity index (χ0v) is 9.44. The zero-order chi connectivity index (χ0) is 13.6. The predicted octanol–water partition coefficient (Wildman–Crippen LogP) is 0.495. The first-order chi connectivity index (χ1) is 8.23. The molecule has 0 aromatic carbocycles. The van der Waals surface area contributed by atoms with Crippen LogP contribution in [0.4, 0.5) is 13.2 Å². The van der Waals surface area contributed by atoms with Crippen molar-refractivity contribution >= 4 is 5.91 Å². The monoisotopic (exact) mass is 262 g/mol. The van der Waals surface area contributed by atoms with E-state index in [1.54, 1.807) is 0 Å². The van der Waals surface area contributed by atoms with E-state index in [0.717, 1.165) is 29.8 Å². The quantitative estimate of drug-likeness (QED) is 0.828. The fourth-order valence-electron chi connectivity index (χ4n) is 1.88. The molecule has 8 heteroatoms. The van der Waals surface area contributed by atoms with Gasteiger partial charge in [-0.3, -0.25) is 9.48 Å². The smallest absolute Gasteiger partial charge is 0.368 e. The number of nitrogens with two attached hydrogens (primary N) is 2. The van der Waals surface area contributed by atoms with Crippen LogP contribution in [-0.2, 0) is 17.5 Å². The Morgan fingerprint density at radius 1 is 1.50 bits per heavy atom. The molecule has 1 unspecified atom stereocenters. The Labute approximate surface area is 101 Å². The Balaban J connectivity index is 2.18. The standard InChI is InChI=1S/C10H13F3N4O/c11-10(12,13)7-3-4-17(16-7)5-9(15,8(14)18)6-1-2-6/h3-4,6H,1-2,5,15H2,(H2,14,18). The van der Waals surface area contributed by atoms with E-state index in [0.29, 0.717) is 0 Å². The van der Waals surface area contributed by atoms with E-state index in [2.05, 4.69) is 5.10 Å². The minimum atomic E-state index is -4.51. The van der Waals surface area contributed by atoms with Crippen LogP contribution in [0, 0.1) is 5.92 Å². The molecule has 0 spiro atoms. The van der Waals surface area contributed by atoms with Gasteiger partial charge in [-0.05, 0) is 24.8 Å². The number of nitrogens with zero attached hydrogens (tertiary/aromatic N) is 2. The van der Waals surface area contributed by atoms with Crippen LogP contribution < -0.4 is 11.5 Å². The van der Waals surface area contributed by atoms with Crippen molar-refractivity contribution in [2.24, 2.45) is 17.4 Å². The molecule has 1 aromatic rings. The lowest BCUT2D eigenvalue weighted by molar-refractivity contribution is -0.141.